The number of ether oxygens (including phenoxy) is 2. The van der Waals surface area contributed by atoms with Gasteiger partial charge < -0.3 is 14.6 Å². The normalized spacial score (nSPS) is 13.3. The van der Waals surface area contributed by atoms with Crippen LogP contribution in [-0.4, -0.2) is 37.2 Å². The van der Waals surface area contributed by atoms with Crippen molar-refractivity contribution in [2.24, 2.45) is 7.05 Å². The molecule has 5 rings (SSSR count). The molecule has 0 amide bonds. The van der Waals surface area contributed by atoms with Gasteiger partial charge in [0.05, 0.1) is 29.5 Å². The molecule has 3 heterocycles. The van der Waals surface area contributed by atoms with Gasteiger partial charge in [-0.15, -0.1) is 5.10 Å². The number of rotatable bonds is 7. The number of methoxy groups -OCH3 is 1. The molecule has 0 radical (unpaired) electrons. The van der Waals surface area contributed by atoms with Gasteiger partial charge in [-0.25, -0.2) is 9.67 Å². The number of hydrogen-bond donors (Lipinski definition) is 1. The third-order valence-corrected chi connectivity index (χ3v) is 6.62. The maximum Gasteiger partial charge on any atom is 0.433 e. The molecule has 0 bridgehead atoms. The lowest BCUT2D eigenvalue weighted by molar-refractivity contribution is -0.141. The SMILES string of the molecule is COc1nc2ccc(C(O)(c3ccc(C(F)(F)F)nc3)c3cnnn3C)cc2c(Cl)c1OCc1ccccc1. The summed E-state index contributed by atoms with van der Waals surface area (Å²) in [6.45, 7) is 0.200. The van der Waals surface area contributed by atoms with E-state index in [9.17, 15) is 18.3 Å². The first-order valence-electron chi connectivity index (χ1n) is 11.6. The lowest BCUT2D eigenvalue weighted by Crippen LogP contribution is -2.32. The second kappa shape index (κ2) is 10.2. The Kier molecular flexibility index (Phi) is 6.87. The summed E-state index contributed by atoms with van der Waals surface area (Å²) in [5.74, 6) is 0.379. The Morgan fingerprint density at radius 3 is 2.36 bits per heavy atom. The molecule has 3 aromatic heterocycles. The van der Waals surface area contributed by atoms with Crippen molar-refractivity contribution in [2.45, 2.75) is 18.4 Å². The van der Waals surface area contributed by atoms with Crippen LogP contribution in [-0.2, 0) is 25.4 Å². The molecule has 0 aliphatic carbocycles. The molecule has 0 saturated heterocycles. The van der Waals surface area contributed by atoms with Gasteiger partial charge in [0, 0.05) is 24.2 Å². The molecular weight excluding hydrogens is 535 g/mol. The van der Waals surface area contributed by atoms with Crippen molar-refractivity contribution < 1.29 is 27.8 Å². The number of benzene rings is 2. The van der Waals surface area contributed by atoms with Gasteiger partial charge in [-0.3, -0.25) is 4.98 Å². The Labute approximate surface area is 225 Å². The van der Waals surface area contributed by atoms with Crippen LogP contribution in [0.5, 0.6) is 11.6 Å². The predicted octanol–water partition coefficient (Wildman–Crippen LogP) is 5.30. The van der Waals surface area contributed by atoms with Gasteiger partial charge in [0.25, 0.3) is 5.88 Å². The quantitative estimate of drug-likeness (QED) is 0.291. The van der Waals surface area contributed by atoms with Crippen LogP contribution in [0.1, 0.15) is 28.1 Å². The summed E-state index contributed by atoms with van der Waals surface area (Å²) in [6, 6.07) is 16.2. The standard InChI is InChI=1S/C27H21ClF3N5O3/c1-36-22(14-33-35-36)26(37,18-9-11-21(32-13-18)27(29,30)31)17-8-10-20-19(12-17)23(28)24(25(34-20)38-2)39-15-16-6-4-3-5-7-16/h3-14,37H,15H2,1-2H3. The number of aliphatic hydroxyl groups is 1. The largest absolute Gasteiger partial charge is 0.482 e. The summed E-state index contributed by atoms with van der Waals surface area (Å²) in [7, 11) is 3.00. The molecule has 0 aliphatic heterocycles. The van der Waals surface area contributed by atoms with Crippen molar-refractivity contribution in [3.63, 3.8) is 0 Å². The number of hydrogen-bond acceptors (Lipinski definition) is 7. The fourth-order valence-electron chi connectivity index (χ4n) is 4.26. The third-order valence-electron chi connectivity index (χ3n) is 6.24. The summed E-state index contributed by atoms with van der Waals surface area (Å²) in [4.78, 5) is 8.04. The zero-order chi connectivity index (χ0) is 27.8. The fourth-order valence-corrected chi connectivity index (χ4v) is 4.55. The van der Waals surface area contributed by atoms with Gasteiger partial charge >= 0.3 is 6.18 Å². The Hall–Kier alpha value is -4.22. The van der Waals surface area contributed by atoms with Gasteiger partial charge in [0.1, 0.15) is 12.3 Å². The highest BCUT2D eigenvalue weighted by Crippen LogP contribution is 2.43. The fraction of sp³-hybridized carbons (Fsp3) is 0.185. The van der Waals surface area contributed by atoms with Gasteiger partial charge in [-0.2, -0.15) is 13.2 Å². The average molecular weight is 556 g/mol. The molecular formula is C27H21ClF3N5O3. The number of pyridine rings is 2. The van der Waals surface area contributed by atoms with Crippen molar-refractivity contribution in [2.75, 3.05) is 7.11 Å². The highest BCUT2D eigenvalue weighted by Gasteiger charge is 2.39. The molecule has 200 valence electrons. The highest BCUT2D eigenvalue weighted by atomic mass is 35.5. The molecule has 1 unspecified atom stereocenters. The van der Waals surface area contributed by atoms with Gasteiger partial charge in [0.2, 0.25) is 5.75 Å². The van der Waals surface area contributed by atoms with E-state index in [1.54, 1.807) is 25.2 Å². The molecule has 12 heteroatoms. The summed E-state index contributed by atoms with van der Waals surface area (Å²) in [5, 5.41) is 20.5. The van der Waals surface area contributed by atoms with Gasteiger partial charge in [-0.05, 0) is 29.3 Å². The molecule has 8 nitrogen and oxygen atoms in total. The van der Waals surface area contributed by atoms with E-state index in [1.165, 1.54) is 18.0 Å². The van der Waals surface area contributed by atoms with Crippen LogP contribution in [0, 0.1) is 0 Å². The number of aryl methyl sites for hydroxylation is 1. The number of nitrogens with zero attached hydrogens (tertiary/aromatic N) is 5. The maximum atomic E-state index is 13.2. The van der Waals surface area contributed by atoms with E-state index in [2.05, 4.69) is 20.3 Å². The molecule has 0 spiro atoms. The minimum Gasteiger partial charge on any atom is -0.482 e. The molecule has 0 fully saturated rings. The lowest BCUT2D eigenvalue weighted by atomic mass is 9.83. The third kappa shape index (κ3) is 4.86. The van der Waals surface area contributed by atoms with Crippen molar-refractivity contribution in [3.8, 4) is 11.6 Å². The number of halogens is 4. The number of fused-ring (bicyclic) bond motifs is 1. The zero-order valence-electron chi connectivity index (χ0n) is 20.6. The first kappa shape index (κ1) is 26.4. The summed E-state index contributed by atoms with van der Waals surface area (Å²) in [6.07, 6.45) is -2.34. The molecule has 1 N–H and O–H groups in total. The van der Waals surface area contributed by atoms with Gasteiger partial charge in [0.15, 0.2) is 5.60 Å². The van der Waals surface area contributed by atoms with Crippen LogP contribution in [0.15, 0.2) is 73.1 Å². The van der Waals surface area contributed by atoms with Crippen LogP contribution in [0.4, 0.5) is 13.2 Å². The first-order valence-corrected chi connectivity index (χ1v) is 12.0. The summed E-state index contributed by atoms with van der Waals surface area (Å²) < 4.78 is 52.2. The highest BCUT2D eigenvalue weighted by molar-refractivity contribution is 6.37. The van der Waals surface area contributed by atoms with Crippen LogP contribution in [0.25, 0.3) is 10.9 Å². The zero-order valence-corrected chi connectivity index (χ0v) is 21.4. The Morgan fingerprint density at radius 2 is 1.74 bits per heavy atom. The van der Waals surface area contributed by atoms with E-state index < -0.39 is 17.5 Å². The van der Waals surface area contributed by atoms with E-state index in [0.29, 0.717) is 10.9 Å². The minimum atomic E-state index is -4.64. The molecule has 0 aliphatic rings. The van der Waals surface area contributed by atoms with Crippen LogP contribution < -0.4 is 9.47 Å². The van der Waals surface area contributed by atoms with E-state index >= 15 is 0 Å². The van der Waals surface area contributed by atoms with Crippen LogP contribution >= 0.6 is 11.6 Å². The van der Waals surface area contributed by atoms with E-state index in [-0.39, 0.29) is 40.1 Å². The minimum absolute atomic E-state index is 0.0680. The molecule has 2 aromatic carbocycles. The predicted molar refractivity (Wildman–Crippen MR) is 136 cm³/mol. The van der Waals surface area contributed by atoms with Crippen LogP contribution in [0.2, 0.25) is 5.02 Å². The first-order chi connectivity index (χ1) is 18.6. The maximum absolute atomic E-state index is 13.2. The lowest BCUT2D eigenvalue weighted by Gasteiger charge is -2.29. The number of alkyl halides is 3. The van der Waals surface area contributed by atoms with Crippen molar-refractivity contribution >= 4 is 22.5 Å². The Balaban J connectivity index is 1.65. The average Bonchev–Trinajstić information content (AvgIpc) is 3.38. The van der Waals surface area contributed by atoms with Crippen LogP contribution in [0.3, 0.4) is 0 Å². The topological polar surface area (TPSA) is 95.2 Å². The smallest absolute Gasteiger partial charge is 0.433 e. The second-order valence-corrected chi connectivity index (χ2v) is 9.03. The van der Waals surface area contributed by atoms with E-state index in [1.807, 2.05) is 30.3 Å². The molecule has 5 aromatic rings. The van der Waals surface area contributed by atoms with Gasteiger partial charge in [-0.1, -0.05) is 59.3 Å². The molecule has 1 atom stereocenters. The molecule has 0 saturated carbocycles. The van der Waals surface area contributed by atoms with E-state index in [0.717, 1.165) is 23.9 Å². The Morgan fingerprint density at radius 1 is 1.00 bits per heavy atom. The summed E-state index contributed by atoms with van der Waals surface area (Å²) in [5.41, 5.74) is -1.20. The monoisotopic (exact) mass is 555 g/mol. The molecule has 39 heavy (non-hydrogen) atoms. The number of aromatic nitrogens is 5. The van der Waals surface area contributed by atoms with Crippen molar-refractivity contribution in [1.29, 1.82) is 0 Å². The van der Waals surface area contributed by atoms with Crippen molar-refractivity contribution in [1.82, 2.24) is 25.0 Å². The van der Waals surface area contributed by atoms with E-state index in [4.69, 9.17) is 21.1 Å². The second-order valence-electron chi connectivity index (χ2n) is 8.65. The van der Waals surface area contributed by atoms with Crippen molar-refractivity contribution in [3.05, 3.63) is 106 Å². The summed E-state index contributed by atoms with van der Waals surface area (Å²) >= 11 is 6.79. The Bertz CT molecular complexity index is 1630.